The van der Waals surface area contributed by atoms with E-state index in [1.165, 1.54) is 6.20 Å². The molecule has 0 aliphatic carbocycles. The third-order valence-electron chi connectivity index (χ3n) is 2.67. The lowest BCUT2D eigenvalue weighted by Gasteiger charge is -2.30. The number of aromatic nitrogens is 1. The highest BCUT2D eigenvalue weighted by Crippen LogP contribution is 2.35. The van der Waals surface area contributed by atoms with E-state index in [9.17, 15) is 4.39 Å². The Hall–Kier alpha value is -1.16. The van der Waals surface area contributed by atoms with Gasteiger partial charge in [0.15, 0.2) is 5.67 Å². The van der Waals surface area contributed by atoms with Gasteiger partial charge in [-0.05, 0) is 25.5 Å². The average molecular weight is 195 g/mol. The lowest BCUT2D eigenvalue weighted by molar-refractivity contribution is 0.122. The van der Waals surface area contributed by atoms with E-state index in [2.05, 4.69) is 10.3 Å². The highest BCUT2D eigenvalue weighted by molar-refractivity contribution is 5.48. The molecule has 4 heteroatoms. The molecule has 0 amide bonds. The van der Waals surface area contributed by atoms with Crippen molar-refractivity contribution >= 4 is 5.69 Å². The van der Waals surface area contributed by atoms with Gasteiger partial charge in [0, 0.05) is 30.2 Å². The monoisotopic (exact) mass is 195 g/mol. The second-order valence-corrected chi connectivity index (χ2v) is 3.71. The number of nitrogens with zero attached hydrogens (tertiary/aromatic N) is 1. The summed E-state index contributed by atoms with van der Waals surface area (Å²) in [6.07, 6.45) is 4.47. The van der Waals surface area contributed by atoms with Crippen LogP contribution in [0.5, 0.6) is 0 Å². The number of alkyl halides is 1. The fraction of sp³-hybridized carbons (Fsp3) is 0.500. The van der Waals surface area contributed by atoms with Crippen LogP contribution in [-0.4, -0.2) is 18.1 Å². The molecule has 14 heavy (non-hydrogen) atoms. The minimum atomic E-state index is -1.34. The standard InChI is InChI=1S/C10H14FN3/c11-10(3-1-4-14-7-10)8-6-13-5-2-9(8)12/h2,5-6,14H,1,3-4,7H2,(H2,12,13). The van der Waals surface area contributed by atoms with Crippen molar-refractivity contribution in [3.63, 3.8) is 0 Å². The van der Waals surface area contributed by atoms with Crippen molar-refractivity contribution in [3.05, 3.63) is 24.0 Å². The smallest absolute Gasteiger partial charge is 0.151 e. The van der Waals surface area contributed by atoms with Crippen LogP contribution >= 0.6 is 0 Å². The van der Waals surface area contributed by atoms with Crippen molar-refractivity contribution < 1.29 is 4.39 Å². The van der Waals surface area contributed by atoms with Crippen molar-refractivity contribution in [1.82, 2.24) is 10.3 Å². The summed E-state index contributed by atoms with van der Waals surface area (Å²) in [7, 11) is 0. The van der Waals surface area contributed by atoms with Gasteiger partial charge in [-0.15, -0.1) is 0 Å². The first kappa shape index (κ1) is 9.40. The summed E-state index contributed by atoms with van der Waals surface area (Å²) in [6.45, 7) is 1.22. The minimum absolute atomic E-state index is 0.336. The number of hydrogen-bond donors (Lipinski definition) is 2. The third-order valence-corrected chi connectivity index (χ3v) is 2.67. The zero-order chi connectivity index (χ0) is 10.0. The number of pyridine rings is 1. The molecular formula is C10H14FN3. The number of nitrogen functional groups attached to an aromatic ring is 1. The summed E-state index contributed by atoms with van der Waals surface area (Å²) in [5.74, 6) is 0. The fourth-order valence-corrected chi connectivity index (χ4v) is 1.88. The molecular weight excluding hydrogens is 181 g/mol. The number of anilines is 1. The Bertz CT molecular complexity index is 321. The number of piperidine rings is 1. The molecule has 1 atom stereocenters. The molecule has 1 fully saturated rings. The third kappa shape index (κ3) is 1.57. The molecule has 3 nitrogen and oxygen atoms in total. The van der Waals surface area contributed by atoms with Crippen LogP contribution in [0.25, 0.3) is 0 Å². The second kappa shape index (κ2) is 3.53. The number of halogens is 1. The highest BCUT2D eigenvalue weighted by Gasteiger charge is 2.35. The van der Waals surface area contributed by atoms with Crippen LogP contribution in [0.4, 0.5) is 10.1 Å². The van der Waals surface area contributed by atoms with Gasteiger partial charge in [0.25, 0.3) is 0 Å². The number of hydrogen-bond acceptors (Lipinski definition) is 3. The number of nitrogens with two attached hydrogens (primary N) is 1. The zero-order valence-corrected chi connectivity index (χ0v) is 7.96. The van der Waals surface area contributed by atoms with E-state index in [0.717, 1.165) is 13.0 Å². The van der Waals surface area contributed by atoms with Crippen LogP contribution in [0.1, 0.15) is 18.4 Å². The summed E-state index contributed by atoms with van der Waals surface area (Å²) in [5, 5.41) is 3.04. The Morgan fingerprint density at radius 3 is 3.07 bits per heavy atom. The molecule has 0 saturated carbocycles. The van der Waals surface area contributed by atoms with Gasteiger partial charge in [-0.2, -0.15) is 0 Å². The van der Waals surface area contributed by atoms with Gasteiger partial charge < -0.3 is 11.1 Å². The van der Waals surface area contributed by atoms with Gasteiger partial charge >= 0.3 is 0 Å². The van der Waals surface area contributed by atoms with Crippen molar-refractivity contribution in [3.8, 4) is 0 Å². The molecule has 1 saturated heterocycles. The first-order valence-corrected chi connectivity index (χ1v) is 4.82. The van der Waals surface area contributed by atoms with E-state index < -0.39 is 5.67 Å². The molecule has 1 aliphatic rings. The lowest BCUT2D eigenvalue weighted by Crippen LogP contribution is -2.40. The number of nitrogens with one attached hydrogen (secondary N) is 1. The molecule has 3 N–H and O–H groups in total. The van der Waals surface area contributed by atoms with Crippen molar-refractivity contribution in [1.29, 1.82) is 0 Å². The molecule has 0 radical (unpaired) electrons. The van der Waals surface area contributed by atoms with E-state index in [1.807, 2.05) is 0 Å². The lowest BCUT2D eigenvalue weighted by atomic mass is 9.88. The summed E-state index contributed by atoms with van der Waals surface area (Å²) >= 11 is 0. The first-order chi connectivity index (χ1) is 6.72. The topological polar surface area (TPSA) is 50.9 Å². The summed E-state index contributed by atoms with van der Waals surface area (Å²) < 4.78 is 14.4. The van der Waals surface area contributed by atoms with E-state index in [0.29, 0.717) is 24.2 Å². The Balaban J connectivity index is 2.32. The second-order valence-electron chi connectivity index (χ2n) is 3.71. The maximum absolute atomic E-state index is 14.4. The predicted molar refractivity (Wildman–Crippen MR) is 53.5 cm³/mol. The van der Waals surface area contributed by atoms with E-state index in [-0.39, 0.29) is 0 Å². The molecule has 0 aromatic carbocycles. The van der Waals surface area contributed by atoms with Gasteiger partial charge in [-0.25, -0.2) is 4.39 Å². The summed E-state index contributed by atoms with van der Waals surface area (Å²) in [6, 6.07) is 1.64. The molecule has 76 valence electrons. The van der Waals surface area contributed by atoms with Gasteiger partial charge in [-0.1, -0.05) is 0 Å². The van der Waals surface area contributed by atoms with E-state index in [1.54, 1.807) is 12.3 Å². The molecule has 2 rings (SSSR count). The predicted octanol–water partition coefficient (Wildman–Crippen LogP) is 1.21. The quantitative estimate of drug-likeness (QED) is 0.708. The maximum Gasteiger partial charge on any atom is 0.151 e. The van der Waals surface area contributed by atoms with E-state index in [4.69, 9.17) is 5.73 Å². The van der Waals surface area contributed by atoms with Gasteiger partial charge in [0.05, 0.1) is 0 Å². The molecule has 1 aliphatic heterocycles. The van der Waals surface area contributed by atoms with Crippen molar-refractivity contribution in [2.45, 2.75) is 18.5 Å². The molecule has 1 aromatic rings. The van der Waals surface area contributed by atoms with Crippen molar-refractivity contribution in [2.75, 3.05) is 18.8 Å². The Kier molecular flexibility index (Phi) is 2.37. The van der Waals surface area contributed by atoms with Crippen LogP contribution in [0.2, 0.25) is 0 Å². The van der Waals surface area contributed by atoms with E-state index >= 15 is 0 Å². The van der Waals surface area contributed by atoms with Crippen LogP contribution < -0.4 is 11.1 Å². The molecule has 0 bridgehead atoms. The Morgan fingerprint density at radius 2 is 2.43 bits per heavy atom. The van der Waals surface area contributed by atoms with Crippen LogP contribution in [0, 0.1) is 0 Å². The SMILES string of the molecule is Nc1ccncc1C1(F)CCCNC1. The van der Waals surface area contributed by atoms with Crippen LogP contribution in [-0.2, 0) is 5.67 Å². The molecule has 1 unspecified atom stereocenters. The largest absolute Gasteiger partial charge is 0.398 e. The Labute approximate surface area is 82.5 Å². The van der Waals surface area contributed by atoms with Gasteiger partial charge in [-0.3, -0.25) is 4.98 Å². The zero-order valence-electron chi connectivity index (χ0n) is 7.96. The molecule has 2 heterocycles. The van der Waals surface area contributed by atoms with Gasteiger partial charge in [0.1, 0.15) is 0 Å². The summed E-state index contributed by atoms with van der Waals surface area (Å²) in [4.78, 5) is 3.92. The fourth-order valence-electron chi connectivity index (χ4n) is 1.88. The number of rotatable bonds is 1. The van der Waals surface area contributed by atoms with Crippen LogP contribution in [0.3, 0.4) is 0 Å². The Morgan fingerprint density at radius 1 is 1.57 bits per heavy atom. The minimum Gasteiger partial charge on any atom is -0.398 e. The molecule has 0 spiro atoms. The van der Waals surface area contributed by atoms with Gasteiger partial charge in [0.2, 0.25) is 0 Å². The maximum atomic E-state index is 14.4. The van der Waals surface area contributed by atoms with Crippen LogP contribution in [0.15, 0.2) is 18.5 Å². The normalized spacial score (nSPS) is 27.5. The highest BCUT2D eigenvalue weighted by atomic mass is 19.1. The molecule has 1 aromatic heterocycles. The summed E-state index contributed by atoms with van der Waals surface area (Å²) in [5.41, 5.74) is 5.40. The average Bonchev–Trinajstić information content (AvgIpc) is 2.19. The first-order valence-electron chi connectivity index (χ1n) is 4.82. The van der Waals surface area contributed by atoms with Crippen molar-refractivity contribution in [2.24, 2.45) is 0 Å².